The number of hydrogen-bond donors (Lipinski definition) is 0. The molecule has 0 aliphatic carbocycles. The van der Waals surface area contributed by atoms with Gasteiger partial charge < -0.3 is 0 Å². The second kappa shape index (κ2) is 29.4. The summed E-state index contributed by atoms with van der Waals surface area (Å²) in [5, 5.41) is 0. The Labute approximate surface area is 226 Å². The van der Waals surface area contributed by atoms with Crippen molar-refractivity contribution < 1.29 is 17.0 Å². The van der Waals surface area contributed by atoms with Crippen molar-refractivity contribution in [3.05, 3.63) is 0 Å². The Bertz CT molecular complexity index is 510. The Morgan fingerprint density at radius 3 is 1.11 bits per heavy atom. The molecule has 0 bridgehead atoms. The van der Waals surface area contributed by atoms with Crippen LogP contribution in [0.1, 0.15) is 180 Å². The maximum atomic E-state index is 12.0. The van der Waals surface area contributed by atoms with E-state index in [9.17, 15) is 12.8 Å². The van der Waals surface area contributed by atoms with Crippen molar-refractivity contribution in [2.75, 3.05) is 19.0 Å². The Morgan fingerprint density at radius 1 is 0.444 bits per heavy atom. The van der Waals surface area contributed by atoms with Crippen LogP contribution in [0.4, 0.5) is 4.39 Å². The van der Waals surface area contributed by atoms with Gasteiger partial charge in [0.15, 0.2) is 0 Å². The van der Waals surface area contributed by atoms with Gasteiger partial charge in [0.25, 0.3) is 10.1 Å². The molecule has 0 aromatic rings. The molecule has 0 atom stereocenters. The second-order valence-electron chi connectivity index (χ2n) is 11.0. The maximum absolute atomic E-state index is 12.0. The number of halogens is 1. The van der Waals surface area contributed by atoms with Gasteiger partial charge in [0.2, 0.25) is 0 Å². The van der Waals surface area contributed by atoms with Gasteiger partial charge in [-0.3, -0.25) is 8.57 Å². The third-order valence-electron chi connectivity index (χ3n) is 7.29. The van der Waals surface area contributed by atoms with Crippen molar-refractivity contribution >= 4 is 10.1 Å². The van der Waals surface area contributed by atoms with Crippen molar-refractivity contribution in [3.63, 3.8) is 0 Å². The van der Waals surface area contributed by atoms with Gasteiger partial charge in [-0.15, -0.1) is 0 Å². The summed E-state index contributed by atoms with van der Waals surface area (Å²) in [7, 11) is -3.35. The molecule has 0 aliphatic rings. The molecule has 36 heavy (non-hydrogen) atoms. The highest BCUT2D eigenvalue weighted by Crippen LogP contribution is 2.15. The van der Waals surface area contributed by atoms with E-state index in [1.165, 1.54) is 109 Å². The van der Waals surface area contributed by atoms with Crippen molar-refractivity contribution in [1.82, 2.24) is 0 Å². The van der Waals surface area contributed by atoms with Crippen LogP contribution in [0.2, 0.25) is 0 Å². The van der Waals surface area contributed by atoms with E-state index in [1.807, 2.05) is 0 Å². The summed E-state index contributed by atoms with van der Waals surface area (Å²) in [6, 6.07) is 0. The van der Waals surface area contributed by atoms with Crippen LogP contribution in [0, 0.1) is 0 Å². The summed E-state index contributed by atoms with van der Waals surface area (Å²) < 4.78 is 41.1. The van der Waals surface area contributed by atoms with Crippen LogP contribution >= 0.6 is 0 Å². The summed E-state index contributed by atoms with van der Waals surface area (Å²) in [5.41, 5.74) is 0. The predicted octanol–water partition coefficient (Wildman–Crippen LogP) is 10.9. The fourth-order valence-electron chi connectivity index (χ4n) is 4.86. The van der Waals surface area contributed by atoms with Crippen molar-refractivity contribution in [2.45, 2.75) is 180 Å². The fourth-order valence-corrected chi connectivity index (χ4v) is 5.91. The zero-order valence-corrected chi connectivity index (χ0v) is 25.0. The van der Waals surface area contributed by atoms with Gasteiger partial charge in [-0.2, -0.15) is 8.42 Å². The molecule has 0 saturated carbocycles. The highest BCUT2D eigenvalue weighted by atomic mass is 32.2. The summed E-state index contributed by atoms with van der Waals surface area (Å²) >= 11 is 0. The molecule has 3 nitrogen and oxygen atoms in total. The van der Waals surface area contributed by atoms with Gasteiger partial charge in [0.05, 0.1) is 19.0 Å². The van der Waals surface area contributed by atoms with Gasteiger partial charge in [-0.05, 0) is 19.3 Å². The lowest BCUT2D eigenvalue weighted by atomic mass is 10.0. The summed E-state index contributed by atoms with van der Waals surface area (Å²) in [4.78, 5) is 0. The zero-order valence-electron chi connectivity index (χ0n) is 24.2. The molecule has 0 aromatic carbocycles. The smallest absolute Gasteiger partial charge is 0.267 e. The minimum absolute atomic E-state index is 0.147. The number of alkyl halides is 1. The van der Waals surface area contributed by atoms with Gasteiger partial charge in [0, 0.05) is 0 Å². The normalized spacial score (nSPS) is 11.9. The second-order valence-corrected chi connectivity index (χ2v) is 12.7. The van der Waals surface area contributed by atoms with Crippen LogP contribution in [0.3, 0.4) is 0 Å². The van der Waals surface area contributed by atoms with E-state index in [0.29, 0.717) is 19.4 Å². The minimum atomic E-state index is -3.35. The lowest BCUT2D eigenvalue weighted by molar-refractivity contribution is 0.305. The van der Waals surface area contributed by atoms with E-state index in [1.54, 1.807) is 0 Å². The van der Waals surface area contributed by atoms with E-state index >= 15 is 0 Å². The molecular formula is C31H63FO3S. The SMILES string of the molecule is CCCCCCCCCCCCCCCCCCCCCOS(=O)(=O)CCCCCCCCCCF. The molecule has 0 fully saturated rings. The first-order chi connectivity index (χ1) is 17.6. The topological polar surface area (TPSA) is 43.4 Å². The van der Waals surface area contributed by atoms with Crippen LogP contribution in [0.5, 0.6) is 0 Å². The van der Waals surface area contributed by atoms with Gasteiger partial charge in [0.1, 0.15) is 0 Å². The standard InChI is InChI=1S/C31H63FO3S/c1-2-3-4-5-6-7-8-9-10-11-12-13-14-15-16-18-21-24-27-30-35-36(33,34)31-28-25-22-19-17-20-23-26-29-32/h2-31H2,1H3. The molecule has 0 amide bonds. The van der Waals surface area contributed by atoms with Crippen LogP contribution < -0.4 is 0 Å². The first-order valence-electron chi connectivity index (χ1n) is 16.1. The number of unbranched alkanes of at least 4 members (excludes halogenated alkanes) is 25. The predicted molar refractivity (Wildman–Crippen MR) is 156 cm³/mol. The van der Waals surface area contributed by atoms with Crippen LogP contribution in [-0.4, -0.2) is 27.5 Å². The molecule has 5 heteroatoms. The maximum Gasteiger partial charge on any atom is 0.267 e. The first kappa shape index (κ1) is 35.8. The first-order valence-corrected chi connectivity index (χ1v) is 17.6. The highest BCUT2D eigenvalue weighted by molar-refractivity contribution is 7.86. The van der Waals surface area contributed by atoms with E-state index in [2.05, 4.69) is 6.92 Å². The van der Waals surface area contributed by atoms with Gasteiger partial charge >= 0.3 is 0 Å². The van der Waals surface area contributed by atoms with Crippen molar-refractivity contribution in [2.24, 2.45) is 0 Å². The van der Waals surface area contributed by atoms with Gasteiger partial charge in [-0.25, -0.2) is 0 Å². The van der Waals surface area contributed by atoms with Crippen molar-refractivity contribution in [1.29, 1.82) is 0 Å². The van der Waals surface area contributed by atoms with Gasteiger partial charge in [-0.1, -0.05) is 161 Å². The summed E-state index contributed by atoms with van der Waals surface area (Å²) in [6.45, 7) is 2.41. The molecule has 0 heterocycles. The third-order valence-corrected chi connectivity index (χ3v) is 8.60. The summed E-state index contributed by atoms with van der Waals surface area (Å²) in [5.74, 6) is 0.147. The number of hydrogen-bond acceptors (Lipinski definition) is 3. The molecule has 0 aliphatic heterocycles. The Balaban J connectivity index is 3.24. The average Bonchev–Trinajstić information content (AvgIpc) is 2.86. The fraction of sp³-hybridized carbons (Fsp3) is 1.00. The quantitative estimate of drug-likeness (QED) is 0.0656. The zero-order chi connectivity index (χ0) is 26.4. The van der Waals surface area contributed by atoms with E-state index in [-0.39, 0.29) is 12.4 Å². The summed E-state index contributed by atoms with van der Waals surface area (Å²) in [6.07, 6.45) is 33.1. The third kappa shape index (κ3) is 30.1. The minimum Gasteiger partial charge on any atom is -0.270 e. The van der Waals surface area contributed by atoms with Crippen LogP contribution in [0.25, 0.3) is 0 Å². The Kier molecular flexibility index (Phi) is 29.3. The van der Waals surface area contributed by atoms with E-state index < -0.39 is 10.1 Å². The van der Waals surface area contributed by atoms with E-state index in [0.717, 1.165) is 51.4 Å². The molecule has 0 N–H and O–H groups in total. The lowest BCUT2D eigenvalue weighted by Crippen LogP contribution is -2.11. The largest absolute Gasteiger partial charge is 0.270 e. The molecule has 0 spiro atoms. The molecule has 0 unspecified atom stereocenters. The molecule has 0 aromatic heterocycles. The highest BCUT2D eigenvalue weighted by Gasteiger charge is 2.10. The number of rotatable bonds is 31. The monoisotopic (exact) mass is 534 g/mol. The molecule has 0 rings (SSSR count). The average molecular weight is 535 g/mol. The molecule has 218 valence electrons. The molecular weight excluding hydrogens is 471 g/mol. The lowest BCUT2D eigenvalue weighted by Gasteiger charge is -2.06. The Morgan fingerprint density at radius 2 is 0.750 bits per heavy atom. The van der Waals surface area contributed by atoms with Crippen LogP contribution in [-0.2, 0) is 14.3 Å². The molecule has 0 saturated heterocycles. The van der Waals surface area contributed by atoms with Crippen LogP contribution in [0.15, 0.2) is 0 Å². The molecule has 0 radical (unpaired) electrons. The van der Waals surface area contributed by atoms with E-state index in [4.69, 9.17) is 4.18 Å². The van der Waals surface area contributed by atoms with Crippen molar-refractivity contribution in [3.8, 4) is 0 Å². The Hall–Kier alpha value is -0.160.